The van der Waals surface area contributed by atoms with E-state index in [1.165, 1.54) is 7.11 Å². The third-order valence-corrected chi connectivity index (χ3v) is 4.78. The highest BCUT2D eigenvalue weighted by atomic mass is 79.9. The molecule has 8 heteroatoms. The van der Waals surface area contributed by atoms with Gasteiger partial charge in [0.2, 0.25) is 0 Å². The van der Waals surface area contributed by atoms with Crippen LogP contribution in [0.2, 0.25) is 0 Å². The maximum absolute atomic E-state index is 12.6. The Kier molecular flexibility index (Phi) is 6.77. The molecule has 3 aromatic rings. The van der Waals surface area contributed by atoms with Gasteiger partial charge in [-0.3, -0.25) is 4.79 Å². The van der Waals surface area contributed by atoms with E-state index in [0.717, 1.165) is 17.1 Å². The zero-order valence-electron chi connectivity index (χ0n) is 16.4. The Labute approximate surface area is 177 Å². The lowest BCUT2D eigenvalue weighted by Gasteiger charge is -2.13. The maximum atomic E-state index is 12.6. The average Bonchev–Trinajstić information content (AvgIpc) is 3.22. The number of nitrogens with zero attached hydrogens (tertiary/aromatic N) is 2. The Bertz CT molecular complexity index is 986. The van der Waals surface area contributed by atoms with Crippen LogP contribution in [-0.2, 0) is 6.54 Å². The summed E-state index contributed by atoms with van der Waals surface area (Å²) in [6, 6.07) is 12.8. The van der Waals surface area contributed by atoms with Crippen molar-refractivity contribution >= 4 is 21.8 Å². The summed E-state index contributed by atoms with van der Waals surface area (Å²) in [6.07, 6.45) is 1.85. The molecule has 0 aliphatic carbocycles. The number of nitrogens with one attached hydrogen (secondary N) is 1. The largest absolute Gasteiger partial charge is 0.497 e. The van der Waals surface area contributed by atoms with E-state index in [1.54, 1.807) is 23.9 Å². The van der Waals surface area contributed by atoms with Gasteiger partial charge in [0.25, 0.3) is 5.91 Å². The molecule has 1 amide bonds. The fraction of sp³-hybridized carbons (Fsp3) is 0.238. The van der Waals surface area contributed by atoms with Crippen LogP contribution < -0.4 is 19.5 Å². The Morgan fingerprint density at radius 3 is 2.55 bits per heavy atom. The van der Waals surface area contributed by atoms with Gasteiger partial charge in [0.05, 0.1) is 43.2 Å². The molecule has 0 saturated carbocycles. The molecule has 29 heavy (non-hydrogen) atoms. The van der Waals surface area contributed by atoms with Crippen LogP contribution >= 0.6 is 15.9 Å². The summed E-state index contributed by atoms with van der Waals surface area (Å²) in [4.78, 5) is 12.6. The Hall–Kier alpha value is -3.00. The molecular weight excluding hydrogens is 438 g/mol. The highest BCUT2D eigenvalue weighted by Crippen LogP contribution is 2.36. The van der Waals surface area contributed by atoms with Gasteiger partial charge in [-0.1, -0.05) is 0 Å². The molecule has 152 valence electrons. The van der Waals surface area contributed by atoms with Crippen molar-refractivity contribution in [2.75, 3.05) is 20.8 Å². The number of carbonyl (C=O) groups excluding carboxylic acids is 1. The first-order valence-corrected chi connectivity index (χ1v) is 9.82. The van der Waals surface area contributed by atoms with E-state index in [-0.39, 0.29) is 5.91 Å². The predicted molar refractivity (Wildman–Crippen MR) is 113 cm³/mol. The van der Waals surface area contributed by atoms with Crippen LogP contribution in [0.3, 0.4) is 0 Å². The summed E-state index contributed by atoms with van der Waals surface area (Å²) in [6.45, 7) is 2.68. The van der Waals surface area contributed by atoms with Gasteiger partial charge >= 0.3 is 0 Å². The molecule has 0 unspecified atom stereocenters. The van der Waals surface area contributed by atoms with Crippen LogP contribution in [0.15, 0.2) is 53.1 Å². The van der Waals surface area contributed by atoms with Crippen LogP contribution in [0.25, 0.3) is 5.69 Å². The first-order chi connectivity index (χ1) is 14.0. The third-order valence-electron chi connectivity index (χ3n) is 4.19. The summed E-state index contributed by atoms with van der Waals surface area (Å²) in [5.74, 6) is 1.62. The topological polar surface area (TPSA) is 74.6 Å². The second-order valence-corrected chi connectivity index (χ2v) is 6.91. The zero-order chi connectivity index (χ0) is 20.8. The van der Waals surface area contributed by atoms with E-state index in [0.29, 0.717) is 34.7 Å². The van der Waals surface area contributed by atoms with Gasteiger partial charge in [0.1, 0.15) is 5.75 Å². The Morgan fingerprint density at radius 1 is 1.14 bits per heavy atom. The van der Waals surface area contributed by atoms with E-state index in [9.17, 15) is 4.79 Å². The maximum Gasteiger partial charge on any atom is 0.251 e. The fourth-order valence-corrected chi connectivity index (χ4v) is 3.30. The van der Waals surface area contributed by atoms with Gasteiger partial charge in [-0.05, 0) is 65.3 Å². The minimum Gasteiger partial charge on any atom is -0.497 e. The van der Waals surface area contributed by atoms with Crippen molar-refractivity contribution in [2.24, 2.45) is 0 Å². The molecule has 0 fully saturated rings. The van der Waals surface area contributed by atoms with Crippen LogP contribution in [0.4, 0.5) is 0 Å². The van der Waals surface area contributed by atoms with Gasteiger partial charge in [-0.2, -0.15) is 5.10 Å². The predicted octanol–water partition coefficient (Wildman–Crippen LogP) is 3.98. The molecule has 0 atom stereocenters. The number of hydrogen-bond donors (Lipinski definition) is 1. The van der Waals surface area contributed by atoms with E-state index < -0.39 is 0 Å². The van der Waals surface area contributed by atoms with E-state index in [1.807, 2.05) is 43.5 Å². The number of methoxy groups -OCH3 is 2. The first-order valence-electron chi connectivity index (χ1n) is 9.03. The lowest BCUT2D eigenvalue weighted by Crippen LogP contribution is -2.23. The molecule has 1 N–H and O–H groups in total. The highest BCUT2D eigenvalue weighted by molar-refractivity contribution is 9.10. The van der Waals surface area contributed by atoms with Crippen molar-refractivity contribution < 1.29 is 19.0 Å². The molecule has 1 heterocycles. The van der Waals surface area contributed by atoms with Gasteiger partial charge < -0.3 is 19.5 Å². The minimum atomic E-state index is -0.231. The van der Waals surface area contributed by atoms with Gasteiger partial charge in [0.15, 0.2) is 11.5 Å². The fourth-order valence-electron chi connectivity index (χ4n) is 2.74. The molecule has 0 spiro atoms. The highest BCUT2D eigenvalue weighted by Gasteiger charge is 2.15. The zero-order valence-corrected chi connectivity index (χ0v) is 18.0. The number of carbonyl (C=O) groups is 1. The number of ether oxygens (including phenoxy) is 3. The molecule has 0 radical (unpaired) electrons. The van der Waals surface area contributed by atoms with Crippen molar-refractivity contribution in [3.05, 3.63) is 64.4 Å². The van der Waals surface area contributed by atoms with Crippen molar-refractivity contribution in [2.45, 2.75) is 13.5 Å². The smallest absolute Gasteiger partial charge is 0.251 e. The van der Waals surface area contributed by atoms with Crippen molar-refractivity contribution in [1.82, 2.24) is 15.1 Å². The summed E-state index contributed by atoms with van der Waals surface area (Å²) >= 11 is 3.43. The van der Waals surface area contributed by atoms with E-state index >= 15 is 0 Å². The molecule has 7 nitrogen and oxygen atoms in total. The Balaban J connectivity index is 1.68. The van der Waals surface area contributed by atoms with Crippen molar-refractivity contribution in [3.8, 4) is 22.9 Å². The number of aromatic nitrogens is 2. The van der Waals surface area contributed by atoms with Gasteiger partial charge in [-0.15, -0.1) is 0 Å². The lowest BCUT2D eigenvalue weighted by atomic mass is 10.2. The summed E-state index contributed by atoms with van der Waals surface area (Å²) in [5, 5.41) is 7.37. The van der Waals surface area contributed by atoms with Crippen molar-refractivity contribution in [1.29, 1.82) is 0 Å². The monoisotopic (exact) mass is 459 g/mol. The third kappa shape index (κ3) is 4.89. The molecular formula is C21H22BrN3O4. The van der Waals surface area contributed by atoms with Crippen molar-refractivity contribution in [3.63, 3.8) is 0 Å². The summed E-state index contributed by atoms with van der Waals surface area (Å²) < 4.78 is 18.5. The number of benzene rings is 2. The number of hydrogen-bond acceptors (Lipinski definition) is 5. The van der Waals surface area contributed by atoms with Gasteiger partial charge in [-0.25, -0.2) is 4.68 Å². The second kappa shape index (κ2) is 9.47. The standard InChI is InChI=1S/C21H22BrN3O4/c1-4-29-20-18(22)11-14(12-19(20)28-3)21(26)23-13-15-9-10-25(24-15)16-5-7-17(27-2)8-6-16/h5-12H,4,13H2,1-3H3,(H,23,26). The molecule has 3 rings (SSSR count). The molecule has 0 aliphatic rings. The van der Waals surface area contributed by atoms with E-state index in [4.69, 9.17) is 14.2 Å². The van der Waals surface area contributed by atoms with E-state index in [2.05, 4.69) is 26.3 Å². The number of amides is 1. The van der Waals surface area contributed by atoms with Crippen LogP contribution in [0.5, 0.6) is 17.2 Å². The second-order valence-electron chi connectivity index (χ2n) is 6.05. The first kappa shape index (κ1) is 20.7. The van der Waals surface area contributed by atoms with Crippen LogP contribution in [0.1, 0.15) is 23.0 Å². The summed E-state index contributed by atoms with van der Waals surface area (Å²) in [7, 11) is 3.17. The van der Waals surface area contributed by atoms with Crippen LogP contribution in [-0.4, -0.2) is 36.5 Å². The molecule has 0 aliphatic heterocycles. The minimum absolute atomic E-state index is 0.231. The lowest BCUT2D eigenvalue weighted by molar-refractivity contribution is 0.0950. The number of rotatable bonds is 8. The quantitative estimate of drug-likeness (QED) is 0.551. The van der Waals surface area contributed by atoms with Gasteiger partial charge in [0, 0.05) is 11.8 Å². The Morgan fingerprint density at radius 2 is 1.90 bits per heavy atom. The number of halogens is 1. The molecule has 0 bridgehead atoms. The normalized spacial score (nSPS) is 10.5. The molecule has 1 aromatic heterocycles. The molecule has 2 aromatic carbocycles. The molecule has 0 saturated heterocycles. The van der Waals surface area contributed by atoms with Crippen LogP contribution in [0, 0.1) is 0 Å². The average molecular weight is 460 g/mol. The SMILES string of the molecule is CCOc1c(Br)cc(C(=O)NCc2ccn(-c3ccc(OC)cc3)n2)cc1OC. The summed E-state index contributed by atoms with van der Waals surface area (Å²) in [5.41, 5.74) is 2.11.